The second-order valence-corrected chi connectivity index (χ2v) is 3.70. The first-order chi connectivity index (χ1) is 6.72. The van der Waals surface area contributed by atoms with Gasteiger partial charge in [0.25, 0.3) is 0 Å². The van der Waals surface area contributed by atoms with E-state index in [1.165, 1.54) is 4.90 Å². The number of hydrogen-bond donors (Lipinski definition) is 1. The number of alkyl halides is 5. The SMILES string of the molecule is O[C@H]1CCN(CCC(F)(F)C(F)(F)F)C1. The van der Waals surface area contributed by atoms with E-state index in [9.17, 15) is 22.0 Å². The lowest BCUT2D eigenvalue weighted by Crippen LogP contribution is -2.39. The fourth-order valence-electron chi connectivity index (χ4n) is 1.46. The highest BCUT2D eigenvalue weighted by Crippen LogP contribution is 2.38. The van der Waals surface area contributed by atoms with Crippen LogP contribution in [0.2, 0.25) is 0 Å². The zero-order valence-electron chi connectivity index (χ0n) is 7.90. The van der Waals surface area contributed by atoms with Crippen molar-refractivity contribution in [3.8, 4) is 0 Å². The summed E-state index contributed by atoms with van der Waals surface area (Å²) in [5.74, 6) is -4.64. The van der Waals surface area contributed by atoms with E-state index in [0.717, 1.165) is 0 Å². The van der Waals surface area contributed by atoms with E-state index in [1.54, 1.807) is 0 Å². The van der Waals surface area contributed by atoms with E-state index in [2.05, 4.69) is 0 Å². The highest BCUT2D eigenvalue weighted by atomic mass is 19.4. The molecule has 1 aliphatic rings. The quantitative estimate of drug-likeness (QED) is 0.749. The van der Waals surface area contributed by atoms with Crippen LogP contribution in [0.1, 0.15) is 12.8 Å². The molecule has 0 spiro atoms. The van der Waals surface area contributed by atoms with Gasteiger partial charge in [0.2, 0.25) is 0 Å². The summed E-state index contributed by atoms with van der Waals surface area (Å²) in [6.45, 7) is 0.201. The highest BCUT2D eigenvalue weighted by molar-refractivity contribution is 4.80. The minimum Gasteiger partial charge on any atom is -0.392 e. The Kier molecular flexibility index (Phi) is 3.55. The second-order valence-electron chi connectivity index (χ2n) is 3.70. The summed E-state index contributed by atoms with van der Waals surface area (Å²) in [7, 11) is 0. The molecule has 0 bridgehead atoms. The third kappa shape index (κ3) is 3.27. The Balaban J connectivity index is 2.36. The molecule has 0 aromatic heterocycles. The van der Waals surface area contributed by atoms with Crippen molar-refractivity contribution in [1.82, 2.24) is 4.90 Å². The van der Waals surface area contributed by atoms with Gasteiger partial charge in [0, 0.05) is 26.1 Å². The predicted molar refractivity (Wildman–Crippen MR) is 42.7 cm³/mol. The second kappa shape index (κ2) is 4.21. The molecule has 7 heteroatoms. The van der Waals surface area contributed by atoms with E-state index in [4.69, 9.17) is 5.11 Å². The van der Waals surface area contributed by atoms with Gasteiger partial charge in [-0.05, 0) is 6.42 Å². The van der Waals surface area contributed by atoms with Crippen molar-refractivity contribution in [2.45, 2.75) is 31.0 Å². The first-order valence-electron chi connectivity index (χ1n) is 4.57. The molecule has 1 heterocycles. The molecule has 0 saturated carbocycles. The molecule has 1 aliphatic heterocycles. The predicted octanol–water partition coefficient (Wildman–Crippen LogP) is 1.64. The molecule has 1 atom stereocenters. The number of hydrogen-bond acceptors (Lipinski definition) is 2. The van der Waals surface area contributed by atoms with E-state index < -0.39 is 24.6 Å². The molecule has 90 valence electrons. The maximum Gasteiger partial charge on any atom is 0.453 e. The van der Waals surface area contributed by atoms with E-state index in [0.29, 0.717) is 13.0 Å². The lowest BCUT2D eigenvalue weighted by molar-refractivity contribution is -0.284. The third-order valence-corrected chi connectivity index (χ3v) is 2.40. The third-order valence-electron chi connectivity index (χ3n) is 2.40. The molecule has 15 heavy (non-hydrogen) atoms. The van der Waals surface area contributed by atoms with Gasteiger partial charge in [0.05, 0.1) is 6.10 Å². The van der Waals surface area contributed by atoms with Gasteiger partial charge in [-0.2, -0.15) is 22.0 Å². The van der Waals surface area contributed by atoms with Crippen LogP contribution >= 0.6 is 0 Å². The zero-order chi connectivity index (χ0) is 11.7. The van der Waals surface area contributed by atoms with Crippen LogP contribution in [0.4, 0.5) is 22.0 Å². The molecule has 1 fully saturated rings. The molecule has 2 nitrogen and oxygen atoms in total. The molecule has 1 rings (SSSR count). The van der Waals surface area contributed by atoms with Crippen LogP contribution < -0.4 is 0 Å². The minimum absolute atomic E-state index is 0.175. The number of nitrogens with zero attached hydrogens (tertiary/aromatic N) is 1. The summed E-state index contributed by atoms with van der Waals surface area (Å²) in [6, 6.07) is 0. The van der Waals surface area contributed by atoms with Crippen LogP contribution in [0.3, 0.4) is 0 Å². The van der Waals surface area contributed by atoms with E-state index in [-0.39, 0.29) is 13.1 Å². The van der Waals surface area contributed by atoms with Crippen LogP contribution in [0.15, 0.2) is 0 Å². The lowest BCUT2D eigenvalue weighted by Gasteiger charge is -2.22. The molecule has 0 aromatic carbocycles. The fourth-order valence-corrected chi connectivity index (χ4v) is 1.46. The maximum atomic E-state index is 12.5. The van der Waals surface area contributed by atoms with Crippen molar-refractivity contribution in [2.24, 2.45) is 0 Å². The van der Waals surface area contributed by atoms with Crippen molar-refractivity contribution < 1.29 is 27.1 Å². The number of aliphatic hydroxyl groups is 1. The molecular formula is C8H12F5NO. The molecule has 0 unspecified atom stereocenters. The smallest absolute Gasteiger partial charge is 0.392 e. The average molecular weight is 233 g/mol. The minimum atomic E-state index is -5.48. The molecule has 0 radical (unpaired) electrons. The number of likely N-dealkylation sites (tertiary alicyclic amines) is 1. The average Bonchev–Trinajstić information content (AvgIpc) is 2.46. The van der Waals surface area contributed by atoms with Crippen LogP contribution in [-0.4, -0.2) is 47.8 Å². The maximum absolute atomic E-state index is 12.5. The van der Waals surface area contributed by atoms with Crippen LogP contribution in [0.5, 0.6) is 0 Å². The van der Waals surface area contributed by atoms with Gasteiger partial charge < -0.3 is 10.0 Å². The Morgan fingerprint density at radius 2 is 1.80 bits per heavy atom. The fraction of sp³-hybridized carbons (Fsp3) is 1.00. The van der Waals surface area contributed by atoms with Crippen LogP contribution in [0, 0.1) is 0 Å². The van der Waals surface area contributed by atoms with E-state index >= 15 is 0 Å². The van der Waals surface area contributed by atoms with Gasteiger partial charge in [-0.15, -0.1) is 0 Å². The van der Waals surface area contributed by atoms with Gasteiger partial charge in [0.15, 0.2) is 0 Å². The summed E-state index contributed by atoms with van der Waals surface area (Å²) in [6.07, 6.45) is -6.91. The highest BCUT2D eigenvalue weighted by Gasteiger charge is 2.56. The number of rotatable bonds is 3. The molecule has 0 aromatic rings. The first-order valence-corrected chi connectivity index (χ1v) is 4.57. The Morgan fingerprint density at radius 1 is 1.20 bits per heavy atom. The zero-order valence-corrected chi connectivity index (χ0v) is 7.90. The lowest BCUT2D eigenvalue weighted by atomic mass is 10.2. The molecule has 0 amide bonds. The summed E-state index contributed by atoms with van der Waals surface area (Å²) in [4.78, 5) is 1.41. The molecular weight excluding hydrogens is 221 g/mol. The van der Waals surface area contributed by atoms with Gasteiger partial charge in [0.1, 0.15) is 0 Å². The topological polar surface area (TPSA) is 23.5 Å². The normalized spacial score (nSPS) is 24.8. The van der Waals surface area contributed by atoms with Crippen LogP contribution in [0.25, 0.3) is 0 Å². The Labute approximate surface area is 83.7 Å². The standard InChI is InChI=1S/C8H12F5NO/c9-7(10,8(11,12)13)2-4-14-3-1-6(15)5-14/h6,15H,1-5H2/t6-/m0/s1. The first kappa shape index (κ1) is 12.6. The van der Waals surface area contributed by atoms with E-state index in [1.807, 2.05) is 0 Å². The number of β-amino-alcohol motifs (C(OH)–C–C–N with tert-alkyl or cyclic N) is 1. The molecule has 1 saturated heterocycles. The number of aliphatic hydroxyl groups excluding tert-OH is 1. The summed E-state index contributed by atoms with van der Waals surface area (Å²) in [5.41, 5.74) is 0. The number of halogens is 5. The summed E-state index contributed by atoms with van der Waals surface area (Å²) < 4.78 is 60.2. The van der Waals surface area contributed by atoms with Crippen molar-refractivity contribution in [3.05, 3.63) is 0 Å². The van der Waals surface area contributed by atoms with Crippen molar-refractivity contribution in [3.63, 3.8) is 0 Å². The van der Waals surface area contributed by atoms with Gasteiger partial charge >= 0.3 is 12.1 Å². The monoisotopic (exact) mass is 233 g/mol. The Hall–Kier alpha value is -0.430. The van der Waals surface area contributed by atoms with Gasteiger partial charge in [-0.1, -0.05) is 0 Å². The van der Waals surface area contributed by atoms with Crippen molar-refractivity contribution in [2.75, 3.05) is 19.6 Å². The summed E-state index contributed by atoms with van der Waals surface area (Å²) >= 11 is 0. The van der Waals surface area contributed by atoms with Crippen molar-refractivity contribution >= 4 is 0 Å². The Bertz CT molecular complexity index is 218. The largest absolute Gasteiger partial charge is 0.453 e. The van der Waals surface area contributed by atoms with Crippen molar-refractivity contribution in [1.29, 1.82) is 0 Å². The molecule has 0 aliphatic carbocycles. The molecule has 1 N–H and O–H groups in total. The Morgan fingerprint density at radius 3 is 2.20 bits per heavy atom. The van der Waals surface area contributed by atoms with Gasteiger partial charge in [-0.3, -0.25) is 0 Å². The van der Waals surface area contributed by atoms with Gasteiger partial charge in [-0.25, -0.2) is 0 Å². The van der Waals surface area contributed by atoms with Crippen LogP contribution in [-0.2, 0) is 0 Å². The summed E-state index contributed by atoms with van der Waals surface area (Å²) in [5, 5.41) is 9.04.